The number of aryl methyl sites for hydroxylation is 1. The Morgan fingerprint density at radius 2 is 1.54 bits per heavy atom. The molecule has 148 valence electrons. The minimum atomic E-state index is -0.549. The standard InChI is InChI=1S/C24H27NO2.ClH/c1-18-12-14-20(15-13-18)17-27-23-11-7-6-10-22(23)16-25-19(2)24(26)21-8-4-3-5-9-21;/h3-15,19,24-26H,16-17H2,1-2H3;1H. The second-order valence-electron chi connectivity index (χ2n) is 6.91. The highest BCUT2D eigenvalue weighted by molar-refractivity contribution is 5.85. The Bertz CT molecular complexity index is 837. The molecule has 0 aromatic heterocycles. The van der Waals surface area contributed by atoms with Crippen LogP contribution in [0.1, 0.15) is 35.3 Å². The Morgan fingerprint density at radius 3 is 2.25 bits per heavy atom. The Balaban J connectivity index is 0.00000280. The van der Waals surface area contributed by atoms with E-state index in [1.165, 1.54) is 5.56 Å². The topological polar surface area (TPSA) is 41.5 Å². The monoisotopic (exact) mass is 397 g/mol. The summed E-state index contributed by atoms with van der Waals surface area (Å²) in [4.78, 5) is 0. The number of hydrogen-bond acceptors (Lipinski definition) is 3. The van der Waals surface area contributed by atoms with Crippen molar-refractivity contribution in [2.24, 2.45) is 0 Å². The second-order valence-corrected chi connectivity index (χ2v) is 6.91. The van der Waals surface area contributed by atoms with E-state index in [9.17, 15) is 5.11 Å². The van der Waals surface area contributed by atoms with Crippen LogP contribution in [0.4, 0.5) is 0 Å². The van der Waals surface area contributed by atoms with Crippen molar-refractivity contribution in [3.63, 3.8) is 0 Å². The molecule has 2 N–H and O–H groups in total. The first-order chi connectivity index (χ1) is 13.1. The molecule has 2 atom stereocenters. The van der Waals surface area contributed by atoms with Crippen LogP contribution in [0.15, 0.2) is 78.9 Å². The largest absolute Gasteiger partial charge is 0.489 e. The maximum absolute atomic E-state index is 10.5. The molecule has 0 aliphatic heterocycles. The zero-order valence-corrected chi connectivity index (χ0v) is 17.2. The minimum Gasteiger partial charge on any atom is -0.489 e. The van der Waals surface area contributed by atoms with Crippen molar-refractivity contribution in [3.8, 4) is 5.75 Å². The van der Waals surface area contributed by atoms with E-state index in [-0.39, 0.29) is 18.4 Å². The molecule has 3 rings (SSSR count). The van der Waals surface area contributed by atoms with Gasteiger partial charge in [0.15, 0.2) is 0 Å². The highest BCUT2D eigenvalue weighted by atomic mass is 35.5. The van der Waals surface area contributed by atoms with Gasteiger partial charge in [0.25, 0.3) is 0 Å². The first kappa shape index (κ1) is 22.0. The molecule has 28 heavy (non-hydrogen) atoms. The predicted molar refractivity (Wildman–Crippen MR) is 117 cm³/mol. The molecule has 0 aliphatic carbocycles. The fourth-order valence-corrected chi connectivity index (χ4v) is 2.96. The number of halogens is 1. The lowest BCUT2D eigenvalue weighted by molar-refractivity contribution is 0.135. The molecule has 3 nitrogen and oxygen atoms in total. The van der Waals surface area contributed by atoms with E-state index < -0.39 is 6.10 Å². The van der Waals surface area contributed by atoms with Crippen molar-refractivity contribution >= 4 is 12.4 Å². The SMILES string of the molecule is Cc1ccc(COc2ccccc2CNC(C)C(O)c2ccccc2)cc1.Cl. The molecule has 0 amide bonds. The smallest absolute Gasteiger partial charge is 0.124 e. The lowest BCUT2D eigenvalue weighted by Crippen LogP contribution is -2.31. The van der Waals surface area contributed by atoms with Crippen LogP contribution in [0, 0.1) is 6.92 Å². The molecular weight excluding hydrogens is 370 g/mol. The maximum atomic E-state index is 10.5. The summed E-state index contributed by atoms with van der Waals surface area (Å²) in [6.07, 6.45) is -0.549. The lowest BCUT2D eigenvalue weighted by Gasteiger charge is -2.21. The average Bonchev–Trinajstić information content (AvgIpc) is 2.72. The minimum absolute atomic E-state index is 0. The van der Waals surface area contributed by atoms with E-state index in [0.29, 0.717) is 13.2 Å². The molecule has 0 aliphatic rings. The zero-order chi connectivity index (χ0) is 19.1. The van der Waals surface area contributed by atoms with Crippen LogP contribution in [0.25, 0.3) is 0 Å². The van der Waals surface area contributed by atoms with Gasteiger partial charge in [0, 0.05) is 18.2 Å². The molecule has 0 heterocycles. The van der Waals surface area contributed by atoms with Crippen molar-refractivity contribution in [3.05, 3.63) is 101 Å². The van der Waals surface area contributed by atoms with E-state index in [0.717, 1.165) is 22.4 Å². The van der Waals surface area contributed by atoms with Crippen molar-refractivity contribution in [2.75, 3.05) is 0 Å². The van der Waals surface area contributed by atoms with Gasteiger partial charge in [0.2, 0.25) is 0 Å². The molecular formula is C24H28ClNO2. The molecule has 0 radical (unpaired) electrons. The molecule has 0 bridgehead atoms. The van der Waals surface area contributed by atoms with Gasteiger partial charge < -0.3 is 15.2 Å². The molecule has 3 aromatic rings. The first-order valence-electron chi connectivity index (χ1n) is 9.36. The van der Waals surface area contributed by atoms with Gasteiger partial charge >= 0.3 is 0 Å². The van der Waals surface area contributed by atoms with Gasteiger partial charge in [-0.2, -0.15) is 0 Å². The number of aliphatic hydroxyl groups is 1. The second kappa shape index (κ2) is 10.9. The number of aliphatic hydroxyl groups excluding tert-OH is 1. The summed E-state index contributed by atoms with van der Waals surface area (Å²) in [5.74, 6) is 0.868. The highest BCUT2D eigenvalue weighted by Crippen LogP contribution is 2.21. The molecule has 2 unspecified atom stereocenters. The first-order valence-corrected chi connectivity index (χ1v) is 9.36. The molecule has 3 aromatic carbocycles. The van der Waals surface area contributed by atoms with Crippen LogP contribution >= 0.6 is 12.4 Å². The van der Waals surface area contributed by atoms with Crippen LogP contribution in [0.3, 0.4) is 0 Å². The Labute approximate surface area is 173 Å². The molecule has 0 fully saturated rings. The summed E-state index contributed by atoms with van der Waals surface area (Å²) in [5, 5.41) is 13.9. The van der Waals surface area contributed by atoms with Crippen molar-refractivity contribution < 1.29 is 9.84 Å². The van der Waals surface area contributed by atoms with Gasteiger partial charge in [-0.05, 0) is 31.0 Å². The third-order valence-corrected chi connectivity index (χ3v) is 4.72. The van der Waals surface area contributed by atoms with E-state index in [4.69, 9.17) is 4.74 Å². The number of rotatable bonds is 8. The molecule has 0 saturated heterocycles. The van der Waals surface area contributed by atoms with E-state index in [1.54, 1.807) is 0 Å². The summed E-state index contributed by atoms with van der Waals surface area (Å²) in [6.45, 7) is 5.25. The Morgan fingerprint density at radius 1 is 0.893 bits per heavy atom. The third-order valence-electron chi connectivity index (χ3n) is 4.72. The van der Waals surface area contributed by atoms with Gasteiger partial charge in [-0.25, -0.2) is 0 Å². The average molecular weight is 398 g/mol. The summed E-state index contributed by atoms with van der Waals surface area (Å²) in [5.41, 5.74) is 4.39. The highest BCUT2D eigenvalue weighted by Gasteiger charge is 2.16. The zero-order valence-electron chi connectivity index (χ0n) is 16.3. The van der Waals surface area contributed by atoms with E-state index in [1.807, 2.05) is 55.5 Å². The van der Waals surface area contributed by atoms with Crippen LogP contribution in [0.5, 0.6) is 5.75 Å². The maximum Gasteiger partial charge on any atom is 0.124 e. The Hall–Kier alpha value is -2.33. The normalized spacial score (nSPS) is 12.7. The van der Waals surface area contributed by atoms with E-state index >= 15 is 0 Å². The Kier molecular flexibility index (Phi) is 8.52. The number of benzene rings is 3. The van der Waals surface area contributed by atoms with Crippen molar-refractivity contribution in [1.29, 1.82) is 0 Å². The quantitative estimate of drug-likeness (QED) is 0.548. The third kappa shape index (κ3) is 6.10. The fourth-order valence-electron chi connectivity index (χ4n) is 2.96. The van der Waals surface area contributed by atoms with Crippen LogP contribution in [-0.2, 0) is 13.2 Å². The summed E-state index contributed by atoms with van der Waals surface area (Å²) >= 11 is 0. The number of nitrogens with one attached hydrogen (secondary N) is 1. The summed E-state index contributed by atoms with van der Waals surface area (Å²) < 4.78 is 6.04. The summed E-state index contributed by atoms with van der Waals surface area (Å²) in [7, 11) is 0. The fraction of sp³-hybridized carbons (Fsp3) is 0.250. The van der Waals surface area contributed by atoms with Crippen LogP contribution in [-0.4, -0.2) is 11.1 Å². The predicted octanol–water partition coefficient (Wildman–Crippen LogP) is 5.21. The van der Waals surface area contributed by atoms with E-state index in [2.05, 4.69) is 42.6 Å². The lowest BCUT2D eigenvalue weighted by atomic mass is 10.0. The number of hydrogen-bond donors (Lipinski definition) is 2. The van der Waals surface area contributed by atoms with Crippen LogP contribution in [0.2, 0.25) is 0 Å². The van der Waals surface area contributed by atoms with Gasteiger partial charge in [-0.1, -0.05) is 78.4 Å². The molecule has 0 saturated carbocycles. The number of para-hydroxylation sites is 1. The number of ether oxygens (including phenoxy) is 1. The van der Waals surface area contributed by atoms with Crippen molar-refractivity contribution in [1.82, 2.24) is 5.32 Å². The van der Waals surface area contributed by atoms with Gasteiger partial charge in [-0.3, -0.25) is 0 Å². The van der Waals surface area contributed by atoms with Crippen LogP contribution < -0.4 is 10.1 Å². The molecule has 0 spiro atoms. The van der Waals surface area contributed by atoms with Gasteiger partial charge in [0.1, 0.15) is 12.4 Å². The summed E-state index contributed by atoms with van der Waals surface area (Å²) in [6, 6.07) is 26.1. The van der Waals surface area contributed by atoms with Gasteiger partial charge in [0.05, 0.1) is 6.10 Å². The van der Waals surface area contributed by atoms with Gasteiger partial charge in [-0.15, -0.1) is 12.4 Å². The van der Waals surface area contributed by atoms with Crippen molar-refractivity contribution in [2.45, 2.75) is 39.1 Å². The molecule has 4 heteroatoms.